The molecule has 0 spiro atoms. The number of para-hydroxylation sites is 1. The van der Waals surface area contributed by atoms with Gasteiger partial charge in [0.15, 0.2) is 0 Å². The fourth-order valence-corrected chi connectivity index (χ4v) is 3.33. The standard InChI is InChI=1S/C21H23N3O4/c1-5-24-17-11-10-14(12-16(17)22-19(25)21(24)27)20(26)23(3)13(2)15-8-6-7-9-18(15)28-4/h6-13H,5H2,1-4H3,(H,22,25). The van der Waals surface area contributed by atoms with E-state index in [1.165, 1.54) is 4.57 Å². The van der Waals surface area contributed by atoms with E-state index in [9.17, 15) is 14.4 Å². The number of methoxy groups -OCH3 is 1. The van der Waals surface area contributed by atoms with E-state index in [-0.39, 0.29) is 11.9 Å². The molecule has 0 saturated carbocycles. The number of carbonyl (C=O) groups is 1. The number of aromatic nitrogens is 2. The molecule has 1 heterocycles. The van der Waals surface area contributed by atoms with Gasteiger partial charge in [0.1, 0.15) is 5.75 Å². The molecule has 1 N–H and O–H groups in total. The summed E-state index contributed by atoms with van der Waals surface area (Å²) in [5, 5.41) is 0. The summed E-state index contributed by atoms with van der Waals surface area (Å²) >= 11 is 0. The summed E-state index contributed by atoms with van der Waals surface area (Å²) in [7, 11) is 3.32. The van der Waals surface area contributed by atoms with Crippen LogP contribution in [0, 0.1) is 0 Å². The maximum Gasteiger partial charge on any atom is 0.316 e. The number of hydrogen-bond donors (Lipinski definition) is 1. The summed E-state index contributed by atoms with van der Waals surface area (Å²) in [6, 6.07) is 12.3. The van der Waals surface area contributed by atoms with Gasteiger partial charge in [0.05, 0.1) is 24.2 Å². The van der Waals surface area contributed by atoms with E-state index in [4.69, 9.17) is 4.74 Å². The molecule has 3 aromatic rings. The minimum absolute atomic E-state index is 0.199. The first kappa shape index (κ1) is 19.4. The molecule has 1 aromatic heterocycles. The zero-order valence-corrected chi connectivity index (χ0v) is 16.4. The number of H-pyrrole nitrogens is 1. The van der Waals surface area contributed by atoms with Crippen LogP contribution in [0.3, 0.4) is 0 Å². The lowest BCUT2D eigenvalue weighted by Crippen LogP contribution is -2.36. The Morgan fingerprint density at radius 3 is 2.61 bits per heavy atom. The molecule has 3 rings (SSSR count). The average molecular weight is 381 g/mol. The van der Waals surface area contributed by atoms with E-state index in [1.807, 2.05) is 31.2 Å². The fourth-order valence-electron chi connectivity index (χ4n) is 3.33. The SMILES string of the molecule is CCn1c(=O)c(=O)[nH]c2cc(C(=O)N(C)C(C)c3ccccc3OC)ccc21. The van der Waals surface area contributed by atoms with E-state index in [1.54, 1.807) is 44.2 Å². The van der Waals surface area contributed by atoms with Crippen molar-refractivity contribution >= 4 is 16.9 Å². The molecule has 0 fully saturated rings. The number of rotatable bonds is 5. The number of nitrogens with zero attached hydrogens (tertiary/aromatic N) is 2. The first-order valence-corrected chi connectivity index (χ1v) is 9.06. The van der Waals surface area contributed by atoms with Crippen molar-refractivity contribution in [2.45, 2.75) is 26.4 Å². The van der Waals surface area contributed by atoms with Crippen LogP contribution in [-0.2, 0) is 6.54 Å². The monoisotopic (exact) mass is 381 g/mol. The van der Waals surface area contributed by atoms with Gasteiger partial charge in [-0.05, 0) is 38.1 Å². The van der Waals surface area contributed by atoms with E-state index >= 15 is 0 Å². The third kappa shape index (κ3) is 3.31. The van der Waals surface area contributed by atoms with Crippen molar-refractivity contribution in [2.24, 2.45) is 0 Å². The Morgan fingerprint density at radius 2 is 1.93 bits per heavy atom. The lowest BCUT2D eigenvalue weighted by molar-refractivity contribution is 0.0741. The maximum atomic E-state index is 13.0. The Balaban J connectivity index is 2.00. The smallest absolute Gasteiger partial charge is 0.316 e. The van der Waals surface area contributed by atoms with Crippen LogP contribution in [0.4, 0.5) is 0 Å². The molecular formula is C21H23N3O4. The highest BCUT2D eigenvalue weighted by Gasteiger charge is 2.22. The second kappa shape index (κ2) is 7.72. The summed E-state index contributed by atoms with van der Waals surface area (Å²) in [5.74, 6) is 0.514. The lowest BCUT2D eigenvalue weighted by Gasteiger charge is -2.26. The number of aromatic amines is 1. The molecule has 146 valence electrons. The van der Waals surface area contributed by atoms with E-state index in [2.05, 4.69) is 4.98 Å². The van der Waals surface area contributed by atoms with Crippen LogP contribution in [0.2, 0.25) is 0 Å². The molecule has 0 saturated heterocycles. The Kier molecular flexibility index (Phi) is 5.35. The molecule has 1 amide bonds. The maximum absolute atomic E-state index is 13.0. The van der Waals surface area contributed by atoms with Crippen LogP contribution < -0.4 is 15.9 Å². The molecule has 0 aliphatic carbocycles. The van der Waals surface area contributed by atoms with Gasteiger partial charge in [0, 0.05) is 24.7 Å². The van der Waals surface area contributed by atoms with Gasteiger partial charge in [-0.15, -0.1) is 0 Å². The van der Waals surface area contributed by atoms with Crippen molar-refractivity contribution in [3.05, 3.63) is 74.3 Å². The molecule has 28 heavy (non-hydrogen) atoms. The molecule has 0 bridgehead atoms. The fraction of sp³-hybridized carbons (Fsp3) is 0.286. The van der Waals surface area contributed by atoms with Gasteiger partial charge in [-0.1, -0.05) is 18.2 Å². The molecule has 7 heteroatoms. The quantitative estimate of drug-likeness (QED) is 0.689. The Bertz CT molecular complexity index is 1150. The Labute approximate surface area is 162 Å². The molecule has 0 aliphatic heterocycles. The highest BCUT2D eigenvalue weighted by Crippen LogP contribution is 2.29. The van der Waals surface area contributed by atoms with Crippen molar-refractivity contribution in [3.8, 4) is 5.75 Å². The number of aryl methyl sites for hydroxylation is 1. The molecule has 2 aromatic carbocycles. The number of benzene rings is 2. The summed E-state index contributed by atoms with van der Waals surface area (Å²) in [4.78, 5) is 41.1. The average Bonchev–Trinajstić information content (AvgIpc) is 2.72. The summed E-state index contributed by atoms with van der Waals surface area (Å²) < 4.78 is 6.79. The van der Waals surface area contributed by atoms with Crippen LogP contribution in [0.1, 0.15) is 35.8 Å². The number of fused-ring (bicyclic) bond motifs is 1. The number of amides is 1. The van der Waals surface area contributed by atoms with E-state index in [0.717, 1.165) is 5.56 Å². The number of ether oxygens (including phenoxy) is 1. The molecule has 1 atom stereocenters. The third-order valence-corrected chi connectivity index (χ3v) is 5.03. The Morgan fingerprint density at radius 1 is 1.21 bits per heavy atom. The molecule has 7 nitrogen and oxygen atoms in total. The van der Waals surface area contributed by atoms with Crippen molar-refractivity contribution in [2.75, 3.05) is 14.2 Å². The number of carbonyl (C=O) groups excluding carboxylic acids is 1. The van der Waals surface area contributed by atoms with Crippen LogP contribution in [0.25, 0.3) is 11.0 Å². The summed E-state index contributed by atoms with van der Waals surface area (Å²) in [6.07, 6.45) is 0. The van der Waals surface area contributed by atoms with Gasteiger partial charge in [-0.25, -0.2) is 0 Å². The normalized spacial score (nSPS) is 12.0. The highest BCUT2D eigenvalue weighted by molar-refractivity contribution is 5.97. The zero-order valence-electron chi connectivity index (χ0n) is 16.4. The molecule has 0 aliphatic rings. The molecule has 1 unspecified atom stereocenters. The first-order chi connectivity index (χ1) is 13.4. The van der Waals surface area contributed by atoms with Gasteiger partial charge in [0.25, 0.3) is 5.91 Å². The van der Waals surface area contributed by atoms with E-state index in [0.29, 0.717) is 28.9 Å². The van der Waals surface area contributed by atoms with Crippen LogP contribution in [0.15, 0.2) is 52.1 Å². The van der Waals surface area contributed by atoms with Crippen molar-refractivity contribution in [1.82, 2.24) is 14.5 Å². The van der Waals surface area contributed by atoms with Gasteiger partial charge >= 0.3 is 11.1 Å². The summed E-state index contributed by atoms with van der Waals surface area (Å²) in [5.41, 5.74) is 1.06. The van der Waals surface area contributed by atoms with Gasteiger partial charge in [-0.3, -0.25) is 14.4 Å². The number of nitrogens with one attached hydrogen (secondary N) is 1. The van der Waals surface area contributed by atoms with Crippen LogP contribution >= 0.6 is 0 Å². The lowest BCUT2D eigenvalue weighted by atomic mass is 10.0. The molecular weight excluding hydrogens is 358 g/mol. The highest BCUT2D eigenvalue weighted by atomic mass is 16.5. The Hall–Kier alpha value is -3.35. The van der Waals surface area contributed by atoms with Gasteiger partial charge in [-0.2, -0.15) is 0 Å². The summed E-state index contributed by atoms with van der Waals surface area (Å²) in [6.45, 7) is 4.09. The van der Waals surface area contributed by atoms with Crippen molar-refractivity contribution < 1.29 is 9.53 Å². The second-order valence-corrected chi connectivity index (χ2v) is 6.57. The number of hydrogen-bond acceptors (Lipinski definition) is 4. The van der Waals surface area contributed by atoms with Gasteiger partial charge < -0.3 is 19.2 Å². The topological polar surface area (TPSA) is 84.4 Å². The second-order valence-electron chi connectivity index (χ2n) is 6.57. The zero-order chi connectivity index (χ0) is 20.4. The van der Waals surface area contributed by atoms with Crippen LogP contribution in [-0.4, -0.2) is 34.5 Å². The predicted octanol–water partition coefficient (Wildman–Crippen LogP) is 2.55. The van der Waals surface area contributed by atoms with Crippen molar-refractivity contribution in [3.63, 3.8) is 0 Å². The minimum Gasteiger partial charge on any atom is -0.496 e. The van der Waals surface area contributed by atoms with Crippen molar-refractivity contribution in [1.29, 1.82) is 0 Å². The van der Waals surface area contributed by atoms with E-state index < -0.39 is 11.1 Å². The predicted molar refractivity (Wildman–Crippen MR) is 108 cm³/mol. The van der Waals surface area contributed by atoms with Gasteiger partial charge in [0.2, 0.25) is 0 Å². The molecule has 0 radical (unpaired) electrons. The largest absolute Gasteiger partial charge is 0.496 e. The minimum atomic E-state index is -0.699. The first-order valence-electron chi connectivity index (χ1n) is 9.06. The van der Waals surface area contributed by atoms with Crippen LogP contribution in [0.5, 0.6) is 5.75 Å². The third-order valence-electron chi connectivity index (χ3n) is 5.03.